The molecule has 0 aromatic heterocycles. The zero-order valence-corrected chi connectivity index (χ0v) is 11.9. The molecule has 0 heterocycles. The van der Waals surface area contributed by atoms with Crippen LogP contribution in [-0.2, 0) is 0 Å². The Labute approximate surface area is 112 Å². The summed E-state index contributed by atoms with van der Waals surface area (Å²) in [7, 11) is 0. The highest BCUT2D eigenvalue weighted by atomic mass is 15.0. The van der Waals surface area contributed by atoms with Crippen LogP contribution in [0.5, 0.6) is 0 Å². The van der Waals surface area contributed by atoms with E-state index in [1.54, 1.807) is 0 Å². The molecule has 1 nitrogen and oxygen atoms in total. The van der Waals surface area contributed by atoms with Crippen molar-refractivity contribution in [1.29, 1.82) is 0 Å². The molecule has 0 aliphatic heterocycles. The Kier molecular flexibility index (Phi) is 5.25. The van der Waals surface area contributed by atoms with Crippen LogP contribution in [0.15, 0.2) is 30.3 Å². The summed E-state index contributed by atoms with van der Waals surface area (Å²) in [5.74, 6) is 0.949. The van der Waals surface area contributed by atoms with Gasteiger partial charge in [-0.15, -0.1) is 0 Å². The predicted octanol–water partition coefficient (Wildman–Crippen LogP) is 4.70. The van der Waals surface area contributed by atoms with E-state index in [1.165, 1.54) is 44.1 Å². The molecule has 0 amide bonds. The Morgan fingerprint density at radius 2 is 1.94 bits per heavy atom. The zero-order valence-electron chi connectivity index (χ0n) is 11.9. The third-order valence-corrected chi connectivity index (χ3v) is 4.41. The number of rotatable bonds is 5. The fraction of sp³-hybridized carbons (Fsp3) is 0.647. The molecule has 1 aromatic carbocycles. The van der Waals surface area contributed by atoms with Crippen LogP contribution in [0.3, 0.4) is 0 Å². The Morgan fingerprint density at radius 1 is 1.17 bits per heavy atom. The lowest BCUT2D eigenvalue weighted by atomic mass is 9.83. The van der Waals surface area contributed by atoms with E-state index in [4.69, 9.17) is 0 Å². The first-order valence-corrected chi connectivity index (χ1v) is 7.64. The monoisotopic (exact) mass is 245 g/mol. The number of hydrogen-bond acceptors (Lipinski definition) is 1. The normalized spacial score (nSPS) is 25.9. The van der Waals surface area contributed by atoms with Gasteiger partial charge in [-0.3, -0.25) is 0 Å². The van der Waals surface area contributed by atoms with Gasteiger partial charge < -0.3 is 5.32 Å². The van der Waals surface area contributed by atoms with E-state index < -0.39 is 0 Å². The Hall–Kier alpha value is -0.820. The van der Waals surface area contributed by atoms with E-state index >= 15 is 0 Å². The van der Waals surface area contributed by atoms with Crippen molar-refractivity contribution < 1.29 is 0 Å². The molecule has 2 rings (SSSR count). The minimum Gasteiger partial charge on any atom is -0.307 e. The van der Waals surface area contributed by atoms with Crippen LogP contribution >= 0.6 is 0 Å². The van der Waals surface area contributed by atoms with Crippen molar-refractivity contribution in [2.45, 2.75) is 64.5 Å². The second kappa shape index (κ2) is 6.94. The average molecular weight is 245 g/mol. The standard InChI is InChI=1S/C17H27N/c1-3-14-9-8-12-16(13-14)18-17(4-2)15-10-6-5-7-11-15/h5-7,10-11,14,16-18H,3-4,8-9,12-13H2,1-2H3. The summed E-state index contributed by atoms with van der Waals surface area (Å²) < 4.78 is 0. The van der Waals surface area contributed by atoms with Crippen LogP contribution in [-0.4, -0.2) is 6.04 Å². The lowest BCUT2D eigenvalue weighted by Gasteiger charge is -2.32. The molecule has 3 unspecified atom stereocenters. The molecule has 100 valence electrons. The lowest BCUT2D eigenvalue weighted by molar-refractivity contribution is 0.260. The van der Waals surface area contributed by atoms with E-state index in [9.17, 15) is 0 Å². The molecule has 0 saturated heterocycles. The van der Waals surface area contributed by atoms with Crippen LogP contribution in [0.25, 0.3) is 0 Å². The highest BCUT2D eigenvalue weighted by molar-refractivity contribution is 5.18. The molecule has 0 spiro atoms. The minimum atomic E-state index is 0.534. The van der Waals surface area contributed by atoms with Crippen molar-refractivity contribution in [1.82, 2.24) is 5.32 Å². The summed E-state index contributed by atoms with van der Waals surface area (Å²) in [5, 5.41) is 3.89. The molecule has 0 bridgehead atoms. The summed E-state index contributed by atoms with van der Waals surface area (Å²) >= 11 is 0. The summed E-state index contributed by atoms with van der Waals surface area (Å²) in [6.45, 7) is 4.62. The van der Waals surface area contributed by atoms with Gasteiger partial charge in [-0.05, 0) is 30.7 Å². The van der Waals surface area contributed by atoms with E-state index in [1.807, 2.05) is 0 Å². The van der Waals surface area contributed by atoms with E-state index in [2.05, 4.69) is 49.5 Å². The topological polar surface area (TPSA) is 12.0 Å². The predicted molar refractivity (Wildman–Crippen MR) is 78.6 cm³/mol. The minimum absolute atomic E-state index is 0.534. The fourth-order valence-electron chi connectivity index (χ4n) is 3.23. The number of hydrogen-bond donors (Lipinski definition) is 1. The van der Waals surface area contributed by atoms with Gasteiger partial charge in [0.2, 0.25) is 0 Å². The van der Waals surface area contributed by atoms with Gasteiger partial charge in [0.15, 0.2) is 0 Å². The molecule has 1 aromatic rings. The SMILES string of the molecule is CCC1CCCC(NC(CC)c2ccccc2)C1. The molecule has 1 fully saturated rings. The molecular weight excluding hydrogens is 218 g/mol. The smallest absolute Gasteiger partial charge is 0.0320 e. The van der Waals surface area contributed by atoms with Gasteiger partial charge in [-0.1, -0.05) is 63.4 Å². The van der Waals surface area contributed by atoms with Crippen LogP contribution in [0.1, 0.15) is 64.0 Å². The van der Waals surface area contributed by atoms with Crippen LogP contribution in [0.4, 0.5) is 0 Å². The van der Waals surface area contributed by atoms with Crippen LogP contribution < -0.4 is 5.32 Å². The molecular formula is C17H27N. The van der Waals surface area contributed by atoms with Crippen molar-refractivity contribution in [2.24, 2.45) is 5.92 Å². The first kappa shape index (κ1) is 13.6. The molecule has 1 aliphatic carbocycles. The van der Waals surface area contributed by atoms with E-state index in [0.717, 1.165) is 12.0 Å². The average Bonchev–Trinajstić information content (AvgIpc) is 2.46. The Balaban J connectivity index is 1.94. The van der Waals surface area contributed by atoms with Crippen molar-refractivity contribution in [3.8, 4) is 0 Å². The maximum absolute atomic E-state index is 3.89. The Bertz CT molecular complexity index is 333. The maximum Gasteiger partial charge on any atom is 0.0320 e. The van der Waals surface area contributed by atoms with E-state index in [0.29, 0.717) is 6.04 Å². The third kappa shape index (κ3) is 3.58. The van der Waals surface area contributed by atoms with Crippen molar-refractivity contribution in [2.75, 3.05) is 0 Å². The highest BCUT2D eigenvalue weighted by Crippen LogP contribution is 2.28. The lowest BCUT2D eigenvalue weighted by Crippen LogP contribution is -2.36. The molecule has 1 saturated carbocycles. The molecule has 1 N–H and O–H groups in total. The summed E-state index contributed by atoms with van der Waals surface area (Å²) in [5.41, 5.74) is 1.44. The molecule has 1 heteroatoms. The third-order valence-electron chi connectivity index (χ3n) is 4.41. The second-order valence-electron chi connectivity index (χ2n) is 5.68. The van der Waals surface area contributed by atoms with Gasteiger partial charge >= 0.3 is 0 Å². The van der Waals surface area contributed by atoms with Gasteiger partial charge in [-0.25, -0.2) is 0 Å². The van der Waals surface area contributed by atoms with Gasteiger partial charge in [0.1, 0.15) is 0 Å². The van der Waals surface area contributed by atoms with Crippen LogP contribution in [0.2, 0.25) is 0 Å². The van der Waals surface area contributed by atoms with Gasteiger partial charge in [0.25, 0.3) is 0 Å². The van der Waals surface area contributed by atoms with Gasteiger partial charge in [-0.2, -0.15) is 0 Å². The largest absolute Gasteiger partial charge is 0.307 e. The number of benzene rings is 1. The summed E-state index contributed by atoms with van der Waals surface area (Å²) in [6.07, 6.45) is 8.11. The Morgan fingerprint density at radius 3 is 2.61 bits per heavy atom. The fourth-order valence-corrected chi connectivity index (χ4v) is 3.23. The van der Waals surface area contributed by atoms with Gasteiger partial charge in [0.05, 0.1) is 0 Å². The molecule has 1 aliphatic rings. The van der Waals surface area contributed by atoms with E-state index in [-0.39, 0.29) is 0 Å². The summed E-state index contributed by atoms with van der Waals surface area (Å²) in [4.78, 5) is 0. The van der Waals surface area contributed by atoms with Crippen molar-refractivity contribution in [3.05, 3.63) is 35.9 Å². The zero-order chi connectivity index (χ0) is 12.8. The molecule has 0 radical (unpaired) electrons. The van der Waals surface area contributed by atoms with Crippen LogP contribution in [0, 0.1) is 5.92 Å². The number of nitrogens with one attached hydrogen (secondary N) is 1. The second-order valence-corrected chi connectivity index (χ2v) is 5.68. The maximum atomic E-state index is 3.89. The highest BCUT2D eigenvalue weighted by Gasteiger charge is 2.22. The first-order chi connectivity index (χ1) is 8.83. The van der Waals surface area contributed by atoms with Crippen molar-refractivity contribution >= 4 is 0 Å². The summed E-state index contributed by atoms with van der Waals surface area (Å²) in [6, 6.07) is 12.2. The molecule has 3 atom stereocenters. The molecule has 18 heavy (non-hydrogen) atoms. The van der Waals surface area contributed by atoms with Gasteiger partial charge in [0, 0.05) is 12.1 Å². The van der Waals surface area contributed by atoms with Crippen molar-refractivity contribution in [3.63, 3.8) is 0 Å². The first-order valence-electron chi connectivity index (χ1n) is 7.64. The quantitative estimate of drug-likeness (QED) is 0.793.